The van der Waals surface area contributed by atoms with Gasteiger partial charge >= 0.3 is 0 Å². The number of carbonyl (C=O) groups excluding carboxylic acids is 4. The molecule has 0 unspecified atom stereocenters. The Kier molecular flexibility index (Phi) is 14.3. The molecule has 3 rings (SSSR count). The van der Waals surface area contributed by atoms with E-state index >= 15 is 0 Å². The molecule has 0 aromatic rings. The molecular formula is C29H46N2O4. The lowest BCUT2D eigenvalue weighted by molar-refractivity contribution is -0.138. The number of hydrogen-bond acceptors (Lipinski definition) is 4. The molecule has 1 aliphatic carbocycles. The Labute approximate surface area is 212 Å². The minimum Gasteiger partial charge on any atom is -0.275 e. The molecule has 0 aromatic heterocycles. The molecular weight excluding hydrogens is 440 g/mol. The summed E-state index contributed by atoms with van der Waals surface area (Å²) in [4.78, 5) is 47.2. The Morgan fingerprint density at radius 3 is 1.26 bits per heavy atom. The normalized spacial score (nSPS) is 17.1. The maximum absolute atomic E-state index is 11.4. The van der Waals surface area contributed by atoms with Gasteiger partial charge in [-0.1, -0.05) is 103 Å². The highest BCUT2D eigenvalue weighted by Crippen LogP contribution is 2.28. The minimum absolute atomic E-state index is 0.146. The van der Waals surface area contributed by atoms with E-state index in [1.807, 2.05) is 0 Å². The maximum Gasteiger partial charge on any atom is 0.253 e. The summed E-state index contributed by atoms with van der Waals surface area (Å²) >= 11 is 0. The SMILES string of the molecule is CCCCCCCCCCCCCCCCCCN1C(=O)C=CC1=O.O=C1C=CC(=O)N1C1CC1. The van der Waals surface area contributed by atoms with E-state index in [1.54, 1.807) is 0 Å². The van der Waals surface area contributed by atoms with Crippen LogP contribution in [0.2, 0.25) is 0 Å². The molecule has 0 aromatic carbocycles. The van der Waals surface area contributed by atoms with Gasteiger partial charge in [-0.2, -0.15) is 0 Å². The second-order valence-electron chi connectivity index (χ2n) is 10.1. The summed E-state index contributed by atoms with van der Waals surface area (Å²) in [5.41, 5.74) is 0. The monoisotopic (exact) mass is 486 g/mol. The van der Waals surface area contributed by atoms with Gasteiger partial charge in [0, 0.05) is 36.9 Å². The van der Waals surface area contributed by atoms with Crippen molar-refractivity contribution in [3.05, 3.63) is 24.3 Å². The van der Waals surface area contributed by atoms with E-state index in [2.05, 4.69) is 6.92 Å². The Balaban J connectivity index is 0.000000353. The average molecular weight is 487 g/mol. The van der Waals surface area contributed by atoms with E-state index in [0.29, 0.717) is 6.54 Å². The van der Waals surface area contributed by atoms with E-state index in [0.717, 1.165) is 25.7 Å². The van der Waals surface area contributed by atoms with Crippen molar-refractivity contribution in [2.45, 2.75) is 129 Å². The summed E-state index contributed by atoms with van der Waals surface area (Å²) in [5.74, 6) is -0.586. The minimum atomic E-state index is -0.147. The summed E-state index contributed by atoms with van der Waals surface area (Å²) in [6.45, 7) is 2.86. The van der Waals surface area contributed by atoms with Crippen molar-refractivity contribution in [1.82, 2.24) is 9.80 Å². The van der Waals surface area contributed by atoms with Gasteiger partial charge in [-0.3, -0.25) is 29.0 Å². The first-order valence-corrected chi connectivity index (χ1v) is 14.1. The summed E-state index contributed by atoms with van der Waals surface area (Å²) in [7, 11) is 0. The fourth-order valence-electron chi connectivity index (χ4n) is 4.57. The Morgan fingerprint density at radius 2 is 0.886 bits per heavy atom. The molecule has 0 bridgehead atoms. The number of amides is 4. The number of nitrogens with zero attached hydrogens (tertiary/aromatic N) is 2. The van der Waals surface area contributed by atoms with Crippen LogP contribution in [0.25, 0.3) is 0 Å². The fourth-order valence-corrected chi connectivity index (χ4v) is 4.57. The molecule has 2 heterocycles. The summed E-state index contributed by atoms with van der Waals surface area (Å²) in [6.07, 6.45) is 28.8. The summed E-state index contributed by atoms with van der Waals surface area (Å²) < 4.78 is 0. The molecule has 1 saturated carbocycles. The molecule has 0 radical (unpaired) electrons. The first kappa shape index (κ1) is 29.0. The lowest BCUT2D eigenvalue weighted by Crippen LogP contribution is -2.31. The fraction of sp³-hybridized carbons (Fsp3) is 0.724. The van der Waals surface area contributed by atoms with Gasteiger partial charge in [-0.15, -0.1) is 0 Å². The van der Waals surface area contributed by atoms with Crippen LogP contribution in [0.5, 0.6) is 0 Å². The third-order valence-electron chi connectivity index (χ3n) is 6.89. The molecule has 0 spiro atoms. The smallest absolute Gasteiger partial charge is 0.253 e. The first-order valence-electron chi connectivity index (χ1n) is 14.1. The van der Waals surface area contributed by atoms with E-state index < -0.39 is 0 Å². The molecule has 1 fully saturated rings. The van der Waals surface area contributed by atoms with Crippen LogP contribution >= 0.6 is 0 Å². The zero-order valence-electron chi connectivity index (χ0n) is 21.8. The zero-order chi connectivity index (χ0) is 25.3. The third-order valence-corrected chi connectivity index (χ3v) is 6.89. The standard InChI is InChI=1S/C22H39NO2.C7H7NO2/c1-2-3-4-5-6-7-8-9-10-11-12-13-14-15-16-17-20-23-21(24)18-19-22(23)25;9-6-3-4-7(10)8(6)5-1-2-5/h18-19H,2-17,20H2,1H3;3-5H,1-2H2. The Hall–Kier alpha value is -2.24. The van der Waals surface area contributed by atoms with Gasteiger partial charge in [0.15, 0.2) is 0 Å². The maximum atomic E-state index is 11.4. The van der Waals surface area contributed by atoms with Crippen molar-refractivity contribution in [3.63, 3.8) is 0 Å². The second-order valence-corrected chi connectivity index (χ2v) is 10.1. The number of rotatable bonds is 18. The van der Waals surface area contributed by atoms with Crippen LogP contribution in [0.15, 0.2) is 24.3 Å². The van der Waals surface area contributed by atoms with Gasteiger partial charge in [0.25, 0.3) is 23.6 Å². The zero-order valence-corrected chi connectivity index (χ0v) is 21.8. The molecule has 0 saturated heterocycles. The Bertz CT molecular complexity index is 703. The van der Waals surface area contributed by atoms with E-state index in [4.69, 9.17) is 0 Å². The van der Waals surface area contributed by atoms with Crippen molar-refractivity contribution in [2.24, 2.45) is 0 Å². The predicted octanol–water partition coefficient (Wildman–Crippen LogP) is 6.25. The molecule has 35 heavy (non-hydrogen) atoms. The average Bonchev–Trinajstić information content (AvgIpc) is 3.55. The number of imide groups is 2. The summed E-state index contributed by atoms with van der Waals surface area (Å²) in [6, 6.07) is 0.218. The highest BCUT2D eigenvalue weighted by molar-refractivity contribution is 6.13. The van der Waals surface area contributed by atoms with E-state index in [1.165, 1.54) is 124 Å². The molecule has 3 aliphatic rings. The van der Waals surface area contributed by atoms with Crippen LogP contribution in [0.1, 0.15) is 122 Å². The highest BCUT2D eigenvalue weighted by atomic mass is 16.2. The molecule has 4 amide bonds. The highest BCUT2D eigenvalue weighted by Gasteiger charge is 2.37. The Morgan fingerprint density at radius 1 is 0.543 bits per heavy atom. The predicted molar refractivity (Wildman–Crippen MR) is 139 cm³/mol. The molecule has 6 heteroatoms. The van der Waals surface area contributed by atoms with E-state index in [9.17, 15) is 19.2 Å². The van der Waals surface area contributed by atoms with Crippen LogP contribution in [-0.2, 0) is 19.2 Å². The van der Waals surface area contributed by atoms with Gasteiger partial charge in [-0.05, 0) is 19.3 Å². The van der Waals surface area contributed by atoms with Crippen LogP contribution < -0.4 is 0 Å². The van der Waals surface area contributed by atoms with Gasteiger partial charge in [-0.25, -0.2) is 0 Å². The topological polar surface area (TPSA) is 74.8 Å². The quantitative estimate of drug-likeness (QED) is 0.170. The van der Waals surface area contributed by atoms with Crippen molar-refractivity contribution in [3.8, 4) is 0 Å². The largest absolute Gasteiger partial charge is 0.275 e. The number of unbranched alkanes of at least 4 members (excludes halogenated alkanes) is 15. The van der Waals surface area contributed by atoms with Crippen LogP contribution in [0, 0.1) is 0 Å². The van der Waals surface area contributed by atoms with Crippen LogP contribution in [0.3, 0.4) is 0 Å². The molecule has 0 N–H and O–H groups in total. The number of hydrogen-bond donors (Lipinski definition) is 0. The second kappa shape index (κ2) is 17.2. The van der Waals surface area contributed by atoms with Crippen molar-refractivity contribution >= 4 is 23.6 Å². The molecule has 0 atom stereocenters. The first-order chi connectivity index (χ1) is 17.0. The van der Waals surface area contributed by atoms with Crippen molar-refractivity contribution in [2.75, 3.05) is 6.54 Å². The number of carbonyl (C=O) groups is 4. The van der Waals surface area contributed by atoms with Crippen molar-refractivity contribution in [1.29, 1.82) is 0 Å². The molecule has 6 nitrogen and oxygen atoms in total. The van der Waals surface area contributed by atoms with Gasteiger partial charge in [0.05, 0.1) is 0 Å². The summed E-state index contributed by atoms with van der Waals surface area (Å²) in [5, 5.41) is 0. The van der Waals surface area contributed by atoms with Gasteiger partial charge < -0.3 is 0 Å². The van der Waals surface area contributed by atoms with Gasteiger partial charge in [0.2, 0.25) is 0 Å². The lowest BCUT2D eigenvalue weighted by atomic mass is 10.0. The molecule has 2 aliphatic heterocycles. The molecule has 196 valence electrons. The van der Waals surface area contributed by atoms with Crippen molar-refractivity contribution < 1.29 is 19.2 Å². The van der Waals surface area contributed by atoms with Crippen LogP contribution in [-0.4, -0.2) is 46.0 Å². The third kappa shape index (κ3) is 11.8. The lowest BCUT2D eigenvalue weighted by Gasteiger charge is -2.12. The van der Waals surface area contributed by atoms with Gasteiger partial charge in [0.1, 0.15) is 0 Å². The van der Waals surface area contributed by atoms with E-state index in [-0.39, 0.29) is 29.7 Å². The van der Waals surface area contributed by atoms with Crippen LogP contribution in [0.4, 0.5) is 0 Å².